The number of aromatic nitrogens is 1. The van der Waals surface area contributed by atoms with Crippen LogP contribution in [0.15, 0.2) is 12.1 Å². The minimum atomic E-state index is -1.17. The maximum Gasteiger partial charge on any atom is 0.353 e. The van der Waals surface area contributed by atoms with Crippen molar-refractivity contribution in [3.05, 3.63) is 28.5 Å². The molecule has 2 rings (SSSR count). The summed E-state index contributed by atoms with van der Waals surface area (Å²) in [7, 11) is 4.46. The lowest BCUT2D eigenvalue weighted by molar-refractivity contribution is 0.0691. The van der Waals surface area contributed by atoms with Crippen LogP contribution in [0.25, 0.3) is 11.1 Å². The Labute approximate surface area is 137 Å². The number of hydrogen-bond acceptors (Lipinski definition) is 5. The fourth-order valence-corrected chi connectivity index (χ4v) is 2.75. The highest BCUT2D eigenvalue weighted by Crippen LogP contribution is 2.47. The van der Waals surface area contributed by atoms with Crippen LogP contribution in [-0.2, 0) is 6.54 Å². The van der Waals surface area contributed by atoms with E-state index in [0.717, 1.165) is 0 Å². The first-order chi connectivity index (χ1) is 11.0. The van der Waals surface area contributed by atoms with Crippen molar-refractivity contribution >= 4 is 17.6 Å². The lowest BCUT2D eigenvalue weighted by Crippen LogP contribution is -2.01. The van der Waals surface area contributed by atoms with Gasteiger partial charge in [-0.1, -0.05) is 11.6 Å². The van der Waals surface area contributed by atoms with Gasteiger partial charge in [0.25, 0.3) is 0 Å². The van der Waals surface area contributed by atoms with E-state index in [4.69, 9.17) is 31.5 Å². The zero-order valence-corrected chi connectivity index (χ0v) is 13.7. The first-order valence-corrected chi connectivity index (χ1v) is 7.00. The van der Waals surface area contributed by atoms with Crippen LogP contribution < -0.4 is 19.9 Å². The molecule has 0 fully saturated rings. The number of carbonyl (C=O) groups is 1. The van der Waals surface area contributed by atoms with Crippen molar-refractivity contribution in [2.45, 2.75) is 6.54 Å². The van der Waals surface area contributed by atoms with Crippen LogP contribution in [0.2, 0.25) is 5.02 Å². The molecule has 1 heterocycles. The number of nitrogens with one attached hydrogen (secondary N) is 1. The Kier molecular flexibility index (Phi) is 5.02. The Morgan fingerprint density at radius 2 is 1.87 bits per heavy atom. The summed E-state index contributed by atoms with van der Waals surface area (Å²) in [6, 6.07) is 3.39. The zero-order valence-electron chi connectivity index (χ0n) is 12.9. The Morgan fingerprint density at radius 3 is 2.35 bits per heavy atom. The standard InChI is InChI=1S/C15H17ClN2O5/c1-21-9-5-4-7(13(22-2)14(9)23-3)10-8(6-17)18-12(11(10)16)15(19)20/h4-5,18H,6,17H2,1-3H3,(H,19,20). The quantitative estimate of drug-likeness (QED) is 0.746. The molecular weight excluding hydrogens is 324 g/mol. The molecule has 0 aliphatic carbocycles. The van der Waals surface area contributed by atoms with Gasteiger partial charge < -0.3 is 30.0 Å². The van der Waals surface area contributed by atoms with Gasteiger partial charge in [-0.05, 0) is 12.1 Å². The van der Waals surface area contributed by atoms with Crippen LogP contribution in [0, 0.1) is 0 Å². The van der Waals surface area contributed by atoms with Gasteiger partial charge in [0, 0.05) is 23.4 Å². The van der Waals surface area contributed by atoms with Gasteiger partial charge in [0.15, 0.2) is 11.5 Å². The van der Waals surface area contributed by atoms with Crippen molar-refractivity contribution < 1.29 is 24.1 Å². The smallest absolute Gasteiger partial charge is 0.353 e. The third-order valence-corrected chi connectivity index (χ3v) is 3.79. The van der Waals surface area contributed by atoms with E-state index in [1.54, 1.807) is 12.1 Å². The molecule has 2 aromatic rings. The van der Waals surface area contributed by atoms with Gasteiger partial charge in [0.05, 0.1) is 26.4 Å². The number of halogens is 1. The molecule has 1 aromatic carbocycles. The van der Waals surface area contributed by atoms with Crippen LogP contribution in [0.4, 0.5) is 0 Å². The topological polar surface area (TPSA) is 107 Å². The second-order valence-corrected chi connectivity index (χ2v) is 4.94. The summed E-state index contributed by atoms with van der Waals surface area (Å²) in [5, 5.41) is 9.28. The highest BCUT2D eigenvalue weighted by molar-refractivity contribution is 6.36. The second-order valence-electron chi connectivity index (χ2n) is 4.56. The van der Waals surface area contributed by atoms with E-state index in [0.29, 0.717) is 34.1 Å². The Balaban J connectivity index is 2.79. The predicted molar refractivity (Wildman–Crippen MR) is 85.7 cm³/mol. The Morgan fingerprint density at radius 1 is 1.22 bits per heavy atom. The molecule has 23 heavy (non-hydrogen) atoms. The number of nitrogens with two attached hydrogens (primary N) is 1. The number of rotatable bonds is 6. The molecule has 0 bridgehead atoms. The van der Waals surface area contributed by atoms with E-state index < -0.39 is 5.97 Å². The molecular formula is C15H17ClN2O5. The largest absolute Gasteiger partial charge is 0.493 e. The van der Waals surface area contributed by atoms with Gasteiger partial charge in [-0.2, -0.15) is 0 Å². The van der Waals surface area contributed by atoms with Crippen molar-refractivity contribution in [2.75, 3.05) is 21.3 Å². The summed E-state index contributed by atoms with van der Waals surface area (Å²) in [4.78, 5) is 14.0. The summed E-state index contributed by atoms with van der Waals surface area (Å²) in [6.07, 6.45) is 0. The number of carboxylic acid groups (broad SMARTS) is 1. The third kappa shape index (κ3) is 2.80. The van der Waals surface area contributed by atoms with Crippen molar-refractivity contribution in [1.29, 1.82) is 0 Å². The highest BCUT2D eigenvalue weighted by atomic mass is 35.5. The fourth-order valence-electron chi connectivity index (χ4n) is 2.41. The number of H-pyrrole nitrogens is 1. The maximum atomic E-state index is 11.3. The van der Waals surface area contributed by atoms with Crippen molar-refractivity contribution in [3.8, 4) is 28.4 Å². The van der Waals surface area contributed by atoms with Gasteiger partial charge in [-0.3, -0.25) is 0 Å². The first kappa shape index (κ1) is 17.0. The minimum Gasteiger partial charge on any atom is -0.493 e. The average Bonchev–Trinajstić information content (AvgIpc) is 2.89. The summed E-state index contributed by atoms with van der Waals surface area (Å²) < 4.78 is 16.0. The number of aromatic carboxylic acids is 1. The number of methoxy groups -OCH3 is 3. The van der Waals surface area contributed by atoms with E-state index >= 15 is 0 Å². The first-order valence-electron chi connectivity index (χ1n) is 6.63. The van der Waals surface area contributed by atoms with Crippen LogP contribution in [-0.4, -0.2) is 37.4 Å². The average molecular weight is 341 g/mol. The van der Waals surface area contributed by atoms with Crippen molar-refractivity contribution in [1.82, 2.24) is 4.98 Å². The molecule has 0 aliphatic rings. The molecule has 0 unspecified atom stereocenters. The monoisotopic (exact) mass is 340 g/mol. The van der Waals surface area contributed by atoms with Gasteiger partial charge in [-0.15, -0.1) is 0 Å². The summed E-state index contributed by atoms with van der Waals surface area (Å²) in [5.41, 5.74) is 7.08. The summed E-state index contributed by atoms with van der Waals surface area (Å²) >= 11 is 6.24. The molecule has 0 spiro atoms. The number of aromatic amines is 1. The van der Waals surface area contributed by atoms with Crippen LogP contribution >= 0.6 is 11.6 Å². The SMILES string of the molecule is COc1ccc(-c2c(CN)[nH]c(C(=O)O)c2Cl)c(OC)c1OC. The second kappa shape index (κ2) is 6.80. The maximum absolute atomic E-state index is 11.3. The molecule has 0 saturated heterocycles. The predicted octanol–water partition coefficient (Wildman–Crippen LogP) is 2.52. The number of ether oxygens (including phenoxy) is 3. The van der Waals surface area contributed by atoms with Crippen LogP contribution in [0.3, 0.4) is 0 Å². The summed E-state index contributed by atoms with van der Waals surface area (Å²) in [6.45, 7) is 0.0832. The molecule has 4 N–H and O–H groups in total. The molecule has 0 radical (unpaired) electrons. The molecule has 8 heteroatoms. The molecule has 7 nitrogen and oxygen atoms in total. The molecule has 0 atom stereocenters. The number of hydrogen-bond donors (Lipinski definition) is 3. The van der Waals surface area contributed by atoms with Gasteiger partial charge >= 0.3 is 5.97 Å². The Hall–Kier alpha value is -2.38. The van der Waals surface area contributed by atoms with Gasteiger partial charge in [-0.25, -0.2) is 4.79 Å². The molecule has 1 aromatic heterocycles. The summed E-state index contributed by atoms with van der Waals surface area (Å²) in [5.74, 6) is 0.0620. The van der Waals surface area contributed by atoms with E-state index in [-0.39, 0.29) is 17.3 Å². The molecule has 0 saturated carbocycles. The highest BCUT2D eigenvalue weighted by Gasteiger charge is 2.25. The normalized spacial score (nSPS) is 10.5. The molecule has 0 amide bonds. The Bertz CT molecular complexity index is 742. The van der Waals surface area contributed by atoms with Crippen LogP contribution in [0.1, 0.15) is 16.2 Å². The van der Waals surface area contributed by atoms with Crippen LogP contribution in [0.5, 0.6) is 17.2 Å². The minimum absolute atomic E-state index is 0.0588. The van der Waals surface area contributed by atoms with E-state index in [1.165, 1.54) is 21.3 Å². The fraction of sp³-hybridized carbons (Fsp3) is 0.267. The third-order valence-electron chi connectivity index (χ3n) is 3.41. The molecule has 0 aliphatic heterocycles. The van der Waals surface area contributed by atoms with Crippen molar-refractivity contribution in [2.24, 2.45) is 5.73 Å². The lowest BCUT2D eigenvalue weighted by Gasteiger charge is -2.16. The molecule has 124 valence electrons. The lowest BCUT2D eigenvalue weighted by atomic mass is 10.0. The van der Waals surface area contributed by atoms with E-state index in [2.05, 4.69) is 4.98 Å². The zero-order chi connectivity index (χ0) is 17.1. The van der Waals surface area contributed by atoms with E-state index in [1.807, 2.05) is 0 Å². The van der Waals surface area contributed by atoms with Gasteiger partial charge in [0.1, 0.15) is 5.69 Å². The van der Waals surface area contributed by atoms with E-state index in [9.17, 15) is 9.90 Å². The number of carboxylic acids is 1. The van der Waals surface area contributed by atoms with Crippen molar-refractivity contribution in [3.63, 3.8) is 0 Å². The van der Waals surface area contributed by atoms with Gasteiger partial charge in [0.2, 0.25) is 5.75 Å². The number of benzene rings is 1.